The lowest BCUT2D eigenvalue weighted by atomic mass is 9.67. The smallest absolute Gasteiger partial charge is 0.137 e. The van der Waals surface area contributed by atoms with Crippen molar-refractivity contribution in [2.24, 2.45) is 0 Å². The Bertz CT molecular complexity index is 3680. The Kier molecular flexibility index (Phi) is 8.13. The molecule has 1 aliphatic rings. The average molecular weight is 818 g/mol. The Morgan fingerprint density at radius 3 is 1.47 bits per heavy atom. The molecule has 64 heavy (non-hydrogen) atoms. The van der Waals surface area contributed by atoms with Crippen LogP contribution >= 0.6 is 0 Å². The fourth-order valence-electron chi connectivity index (χ4n) is 10.6. The molecular formula is C61H39NO2. The Morgan fingerprint density at radius 2 is 0.812 bits per heavy atom. The minimum Gasteiger partial charge on any atom is -0.456 e. The van der Waals surface area contributed by atoms with Crippen molar-refractivity contribution in [1.29, 1.82) is 0 Å². The lowest BCUT2D eigenvalue weighted by Gasteiger charge is -2.35. The van der Waals surface area contributed by atoms with Crippen LogP contribution in [0.15, 0.2) is 245 Å². The molecule has 13 rings (SSSR count). The molecule has 0 unspecified atom stereocenters. The molecule has 0 saturated heterocycles. The topological polar surface area (TPSA) is 29.5 Å². The molecule has 10 aromatic carbocycles. The highest BCUT2D eigenvalue weighted by Gasteiger charge is 2.46. The maximum absolute atomic E-state index is 6.66. The summed E-state index contributed by atoms with van der Waals surface area (Å²) >= 11 is 0. The van der Waals surface area contributed by atoms with Gasteiger partial charge in [0.1, 0.15) is 22.3 Å². The SMILES string of the molecule is c1ccc(-c2cccc(C3(c4ccc(N(c5cccc6oc7ccccc7c56)c5cccc6oc7ccc(-c8ccccc8)cc7c56)cc4)c4ccccc4-c4ccccc43)c2)cc1. The third kappa shape index (κ3) is 5.41. The van der Waals surface area contributed by atoms with Crippen molar-refractivity contribution in [1.82, 2.24) is 0 Å². The van der Waals surface area contributed by atoms with Gasteiger partial charge in [-0.15, -0.1) is 0 Å². The van der Waals surface area contributed by atoms with Gasteiger partial charge in [-0.3, -0.25) is 0 Å². The van der Waals surface area contributed by atoms with E-state index in [1.54, 1.807) is 0 Å². The van der Waals surface area contributed by atoms with E-state index in [1.165, 1.54) is 44.5 Å². The minimum atomic E-state index is -0.573. The predicted octanol–water partition coefficient (Wildman–Crippen LogP) is 16.7. The molecule has 0 aliphatic heterocycles. The van der Waals surface area contributed by atoms with Gasteiger partial charge in [0, 0.05) is 16.5 Å². The van der Waals surface area contributed by atoms with Gasteiger partial charge < -0.3 is 13.7 Å². The van der Waals surface area contributed by atoms with Crippen LogP contribution in [0.4, 0.5) is 17.1 Å². The lowest BCUT2D eigenvalue weighted by Crippen LogP contribution is -2.28. The van der Waals surface area contributed by atoms with Gasteiger partial charge in [-0.05, 0) is 116 Å². The van der Waals surface area contributed by atoms with E-state index in [1.807, 2.05) is 6.07 Å². The van der Waals surface area contributed by atoms with Crippen LogP contribution in [0.2, 0.25) is 0 Å². The Morgan fingerprint density at radius 1 is 0.312 bits per heavy atom. The highest BCUT2D eigenvalue weighted by atomic mass is 16.3. The number of anilines is 3. The van der Waals surface area contributed by atoms with Crippen molar-refractivity contribution >= 4 is 60.9 Å². The van der Waals surface area contributed by atoms with Crippen LogP contribution in [0.3, 0.4) is 0 Å². The van der Waals surface area contributed by atoms with Crippen molar-refractivity contribution in [3.63, 3.8) is 0 Å². The third-order valence-electron chi connectivity index (χ3n) is 13.4. The van der Waals surface area contributed by atoms with Crippen molar-refractivity contribution in [2.75, 3.05) is 4.90 Å². The average Bonchev–Trinajstić information content (AvgIpc) is 4.04. The molecule has 0 fully saturated rings. The number of hydrogen-bond donors (Lipinski definition) is 0. The van der Waals surface area contributed by atoms with Crippen LogP contribution in [0, 0.1) is 0 Å². The zero-order valence-electron chi connectivity index (χ0n) is 34.8. The second-order valence-electron chi connectivity index (χ2n) is 16.7. The molecule has 2 aromatic heterocycles. The van der Waals surface area contributed by atoms with Crippen LogP contribution in [-0.4, -0.2) is 0 Å². The molecule has 0 N–H and O–H groups in total. The first-order valence-electron chi connectivity index (χ1n) is 21.9. The number of para-hydroxylation sites is 1. The first-order chi connectivity index (χ1) is 31.7. The number of rotatable bonds is 7. The second-order valence-corrected chi connectivity index (χ2v) is 16.7. The van der Waals surface area contributed by atoms with Crippen LogP contribution in [0.25, 0.3) is 77.3 Å². The van der Waals surface area contributed by atoms with Gasteiger partial charge >= 0.3 is 0 Å². The van der Waals surface area contributed by atoms with Crippen LogP contribution in [-0.2, 0) is 5.41 Å². The highest BCUT2D eigenvalue weighted by molar-refractivity contribution is 6.18. The van der Waals surface area contributed by atoms with Crippen LogP contribution in [0.5, 0.6) is 0 Å². The maximum Gasteiger partial charge on any atom is 0.137 e. The first kappa shape index (κ1) is 36.3. The van der Waals surface area contributed by atoms with E-state index in [0.29, 0.717) is 0 Å². The van der Waals surface area contributed by atoms with E-state index in [-0.39, 0.29) is 0 Å². The van der Waals surface area contributed by atoms with Gasteiger partial charge in [-0.2, -0.15) is 0 Å². The third-order valence-corrected chi connectivity index (χ3v) is 13.4. The summed E-state index contributed by atoms with van der Waals surface area (Å²) in [4.78, 5) is 2.40. The van der Waals surface area contributed by atoms with Crippen molar-refractivity contribution < 1.29 is 8.83 Å². The van der Waals surface area contributed by atoms with Crippen LogP contribution in [0.1, 0.15) is 22.3 Å². The largest absolute Gasteiger partial charge is 0.456 e. The second kappa shape index (κ2) is 14.3. The molecule has 300 valence electrons. The molecule has 0 atom stereocenters. The number of furan rings is 2. The fraction of sp³-hybridized carbons (Fsp3) is 0.0164. The Hall–Kier alpha value is -8.40. The summed E-state index contributed by atoms with van der Waals surface area (Å²) in [7, 11) is 0. The highest BCUT2D eigenvalue weighted by Crippen LogP contribution is 2.57. The molecule has 0 radical (unpaired) electrons. The molecule has 12 aromatic rings. The summed E-state index contributed by atoms with van der Waals surface area (Å²) in [5.74, 6) is 0. The van der Waals surface area contributed by atoms with Crippen molar-refractivity contribution in [3.8, 4) is 33.4 Å². The maximum atomic E-state index is 6.66. The van der Waals surface area contributed by atoms with E-state index in [4.69, 9.17) is 8.83 Å². The van der Waals surface area contributed by atoms with E-state index >= 15 is 0 Å². The predicted molar refractivity (Wildman–Crippen MR) is 264 cm³/mol. The molecule has 1 aliphatic carbocycles. The summed E-state index contributed by atoms with van der Waals surface area (Å²) in [6.07, 6.45) is 0. The van der Waals surface area contributed by atoms with Crippen LogP contribution < -0.4 is 4.90 Å². The molecule has 0 bridgehead atoms. The molecule has 0 amide bonds. The van der Waals surface area contributed by atoms with Gasteiger partial charge in [0.25, 0.3) is 0 Å². The van der Waals surface area contributed by atoms with Crippen molar-refractivity contribution in [2.45, 2.75) is 5.41 Å². The lowest BCUT2D eigenvalue weighted by molar-refractivity contribution is 0.669. The zero-order chi connectivity index (χ0) is 42.2. The Labute approximate surface area is 370 Å². The van der Waals surface area contributed by atoms with Crippen molar-refractivity contribution in [3.05, 3.63) is 259 Å². The normalized spacial score (nSPS) is 12.8. The molecule has 0 spiro atoms. The Balaban J connectivity index is 1.07. The zero-order valence-corrected chi connectivity index (χ0v) is 34.8. The minimum absolute atomic E-state index is 0.573. The summed E-state index contributed by atoms with van der Waals surface area (Å²) in [5, 5.41) is 4.25. The van der Waals surface area contributed by atoms with E-state index in [2.05, 4.69) is 235 Å². The summed E-state index contributed by atoms with van der Waals surface area (Å²) < 4.78 is 13.2. The first-order valence-corrected chi connectivity index (χ1v) is 21.9. The molecule has 2 heterocycles. The van der Waals surface area contributed by atoms with E-state index in [9.17, 15) is 0 Å². The number of nitrogens with zero attached hydrogens (tertiary/aromatic N) is 1. The number of fused-ring (bicyclic) bond motifs is 9. The van der Waals surface area contributed by atoms with Gasteiger partial charge in [-0.25, -0.2) is 0 Å². The van der Waals surface area contributed by atoms with Gasteiger partial charge in [0.05, 0.1) is 27.6 Å². The molecule has 0 saturated carbocycles. The van der Waals surface area contributed by atoms with Gasteiger partial charge in [0.15, 0.2) is 0 Å². The fourth-order valence-corrected chi connectivity index (χ4v) is 10.6. The molecule has 3 heteroatoms. The molecule has 3 nitrogen and oxygen atoms in total. The monoisotopic (exact) mass is 817 g/mol. The molecular weight excluding hydrogens is 779 g/mol. The van der Waals surface area contributed by atoms with Gasteiger partial charge in [0.2, 0.25) is 0 Å². The van der Waals surface area contributed by atoms with Gasteiger partial charge in [-0.1, -0.05) is 176 Å². The summed E-state index contributed by atoms with van der Waals surface area (Å²) in [6.45, 7) is 0. The summed E-state index contributed by atoms with van der Waals surface area (Å²) in [6, 6.07) is 85.3. The summed E-state index contributed by atoms with van der Waals surface area (Å²) in [5.41, 5.74) is 18.1. The standard InChI is InChI=1S/C61H39NO2/c1-3-16-40(17-4-1)42-20-13-21-45(38-42)61(51-25-10-7-22-47(51)48-23-8-11-26-52(48)61)44-33-35-46(36-34-44)62(53-27-14-30-57-59(53)49-24-9-12-29-55(49)63-57)54-28-15-31-58-60(54)50-39-43(32-37-56(50)64-58)41-18-5-2-6-19-41/h1-39H. The van der Waals surface area contributed by atoms with E-state index < -0.39 is 5.41 Å². The van der Waals surface area contributed by atoms with E-state index in [0.717, 1.165) is 72.1 Å². The quantitative estimate of drug-likeness (QED) is 0.160. The number of hydrogen-bond acceptors (Lipinski definition) is 3. The number of benzene rings is 10.